The highest BCUT2D eigenvalue weighted by Gasteiger charge is 2.09. The second kappa shape index (κ2) is 6.50. The number of carbonyl (C=O) groups is 1. The monoisotopic (exact) mass is 364 g/mol. The van der Waals surface area contributed by atoms with Crippen LogP contribution in [0.1, 0.15) is 10.5 Å². The first-order valence-corrected chi connectivity index (χ1v) is 8.19. The van der Waals surface area contributed by atoms with E-state index in [0.29, 0.717) is 16.7 Å². The Kier molecular flexibility index (Phi) is 4.02. The van der Waals surface area contributed by atoms with Crippen LogP contribution in [0.4, 0.5) is 11.6 Å². The molecule has 4 aromatic rings. The van der Waals surface area contributed by atoms with Crippen LogP contribution in [0.3, 0.4) is 0 Å². The molecule has 0 fully saturated rings. The maximum atomic E-state index is 11.1. The summed E-state index contributed by atoms with van der Waals surface area (Å²) in [6.07, 6.45) is 1.66. The molecule has 26 heavy (non-hydrogen) atoms. The molecular formula is C19H13ClN4O2. The number of anilines is 2. The number of benzene rings is 2. The van der Waals surface area contributed by atoms with Gasteiger partial charge in [0.05, 0.1) is 5.69 Å². The van der Waals surface area contributed by atoms with Crippen molar-refractivity contribution in [3.8, 4) is 11.3 Å². The zero-order valence-electron chi connectivity index (χ0n) is 13.4. The number of nitrogens with zero attached hydrogens (tertiary/aromatic N) is 2. The predicted octanol–water partition coefficient (Wildman–Crippen LogP) is 4.72. The number of nitrogens with one attached hydrogen (secondary N) is 2. The topological polar surface area (TPSA) is 90.9 Å². The third-order valence-corrected chi connectivity index (χ3v) is 4.24. The van der Waals surface area contributed by atoms with Gasteiger partial charge in [-0.2, -0.15) is 0 Å². The normalized spacial score (nSPS) is 10.8. The van der Waals surface area contributed by atoms with E-state index in [0.717, 1.165) is 22.2 Å². The quantitative estimate of drug-likeness (QED) is 0.487. The highest BCUT2D eigenvalue weighted by Crippen LogP contribution is 2.27. The number of H-pyrrole nitrogens is 1. The summed E-state index contributed by atoms with van der Waals surface area (Å²) < 4.78 is 0. The zero-order valence-corrected chi connectivity index (χ0v) is 14.2. The lowest BCUT2D eigenvalue weighted by Gasteiger charge is -2.08. The van der Waals surface area contributed by atoms with E-state index < -0.39 is 5.97 Å². The van der Waals surface area contributed by atoms with Crippen molar-refractivity contribution in [3.05, 3.63) is 71.5 Å². The fourth-order valence-electron chi connectivity index (χ4n) is 2.69. The van der Waals surface area contributed by atoms with Gasteiger partial charge in [0.25, 0.3) is 0 Å². The van der Waals surface area contributed by atoms with E-state index in [4.69, 9.17) is 16.7 Å². The van der Waals surface area contributed by atoms with Crippen LogP contribution in [0.5, 0.6) is 0 Å². The van der Waals surface area contributed by atoms with Gasteiger partial charge in [0.1, 0.15) is 5.69 Å². The summed E-state index contributed by atoms with van der Waals surface area (Å²) in [5.74, 6) is -0.567. The van der Waals surface area contributed by atoms with E-state index >= 15 is 0 Å². The molecule has 2 aromatic carbocycles. The minimum Gasteiger partial charge on any atom is -0.477 e. The van der Waals surface area contributed by atoms with Crippen molar-refractivity contribution in [2.75, 3.05) is 5.32 Å². The largest absolute Gasteiger partial charge is 0.477 e. The Labute approximate surface area is 153 Å². The predicted molar refractivity (Wildman–Crippen MR) is 101 cm³/mol. The maximum absolute atomic E-state index is 11.1. The van der Waals surface area contributed by atoms with Gasteiger partial charge in [-0.3, -0.25) is 0 Å². The Morgan fingerprint density at radius 2 is 1.96 bits per heavy atom. The molecule has 0 unspecified atom stereocenters. The Morgan fingerprint density at radius 1 is 1.12 bits per heavy atom. The molecule has 0 aliphatic heterocycles. The highest BCUT2D eigenvalue weighted by atomic mass is 35.5. The lowest BCUT2D eigenvalue weighted by Crippen LogP contribution is -1.98. The minimum atomic E-state index is -0.994. The summed E-state index contributed by atoms with van der Waals surface area (Å²) in [6, 6.07) is 16.3. The van der Waals surface area contributed by atoms with Crippen LogP contribution in [0.15, 0.2) is 60.8 Å². The molecule has 0 radical (unpaired) electrons. The average molecular weight is 365 g/mol. The van der Waals surface area contributed by atoms with Crippen LogP contribution in [0, 0.1) is 0 Å². The van der Waals surface area contributed by atoms with E-state index in [1.807, 2.05) is 42.5 Å². The third-order valence-electron chi connectivity index (χ3n) is 3.91. The molecule has 0 atom stereocenters. The fraction of sp³-hybridized carbons (Fsp3) is 0. The lowest BCUT2D eigenvalue weighted by atomic mass is 10.1. The van der Waals surface area contributed by atoms with Gasteiger partial charge in [-0.1, -0.05) is 29.8 Å². The average Bonchev–Trinajstić information content (AvgIpc) is 3.06. The molecule has 2 aromatic heterocycles. The van der Waals surface area contributed by atoms with Crippen LogP contribution in [0.2, 0.25) is 5.02 Å². The maximum Gasteiger partial charge on any atom is 0.352 e. The Hall–Kier alpha value is -3.38. The Morgan fingerprint density at radius 3 is 2.77 bits per heavy atom. The van der Waals surface area contributed by atoms with E-state index in [-0.39, 0.29) is 5.69 Å². The van der Waals surface area contributed by atoms with Gasteiger partial charge in [-0.15, -0.1) is 0 Å². The summed E-state index contributed by atoms with van der Waals surface area (Å²) in [6.45, 7) is 0. The van der Waals surface area contributed by atoms with Crippen molar-refractivity contribution in [2.24, 2.45) is 0 Å². The van der Waals surface area contributed by atoms with Crippen LogP contribution in [0.25, 0.3) is 22.2 Å². The molecule has 0 aliphatic rings. The van der Waals surface area contributed by atoms with Crippen molar-refractivity contribution in [1.29, 1.82) is 0 Å². The summed E-state index contributed by atoms with van der Waals surface area (Å²) in [5.41, 5.74) is 3.19. The second-order valence-electron chi connectivity index (χ2n) is 5.66. The molecule has 0 bridgehead atoms. The SMILES string of the molecule is O=C(O)c1cc2cc(Nc3nccc(-c4ccccc4Cl)n3)ccc2[nH]1. The van der Waals surface area contributed by atoms with Crippen molar-refractivity contribution in [2.45, 2.75) is 0 Å². The van der Waals surface area contributed by atoms with Crippen LogP contribution >= 0.6 is 11.6 Å². The first kappa shape index (κ1) is 16.1. The fourth-order valence-corrected chi connectivity index (χ4v) is 2.93. The van der Waals surface area contributed by atoms with E-state index in [2.05, 4.69) is 20.3 Å². The lowest BCUT2D eigenvalue weighted by molar-refractivity contribution is 0.0691. The standard InChI is InChI=1S/C19H13ClN4O2/c20-14-4-2-1-3-13(14)16-7-8-21-19(24-16)22-12-5-6-15-11(9-12)10-17(23-15)18(25)26/h1-10,23H,(H,25,26)(H,21,22,24). The molecule has 2 heterocycles. The van der Waals surface area contributed by atoms with E-state index in [1.54, 1.807) is 18.3 Å². The number of fused-ring (bicyclic) bond motifs is 1. The van der Waals surface area contributed by atoms with E-state index in [1.165, 1.54) is 0 Å². The first-order valence-electron chi connectivity index (χ1n) is 7.81. The molecule has 4 rings (SSSR count). The smallest absolute Gasteiger partial charge is 0.352 e. The van der Waals surface area contributed by atoms with Crippen LogP contribution in [-0.2, 0) is 0 Å². The second-order valence-corrected chi connectivity index (χ2v) is 6.07. The zero-order chi connectivity index (χ0) is 18.1. The van der Waals surface area contributed by atoms with Gasteiger partial charge in [-0.05, 0) is 36.4 Å². The molecule has 3 N–H and O–H groups in total. The molecule has 7 heteroatoms. The van der Waals surface area contributed by atoms with Gasteiger partial charge in [0.15, 0.2) is 0 Å². The number of aromatic amines is 1. The number of carboxylic acids is 1. The summed E-state index contributed by atoms with van der Waals surface area (Å²) in [4.78, 5) is 22.7. The van der Waals surface area contributed by atoms with Gasteiger partial charge in [0, 0.05) is 33.4 Å². The first-order chi connectivity index (χ1) is 12.6. The van der Waals surface area contributed by atoms with Gasteiger partial charge in [0.2, 0.25) is 5.95 Å². The highest BCUT2D eigenvalue weighted by molar-refractivity contribution is 6.33. The third kappa shape index (κ3) is 3.10. The van der Waals surface area contributed by atoms with Crippen molar-refractivity contribution >= 4 is 40.1 Å². The van der Waals surface area contributed by atoms with Crippen LogP contribution < -0.4 is 5.32 Å². The number of halogens is 1. The molecule has 0 saturated heterocycles. The van der Waals surface area contributed by atoms with Gasteiger partial charge in [-0.25, -0.2) is 14.8 Å². The summed E-state index contributed by atoms with van der Waals surface area (Å²) >= 11 is 6.23. The van der Waals surface area contributed by atoms with Crippen molar-refractivity contribution in [1.82, 2.24) is 15.0 Å². The molecule has 0 spiro atoms. The number of carboxylic acid groups (broad SMARTS) is 1. The number of hydrogen-bond donors (Lipinski definition) is 3. The van der Waals surface area contributed by atoms with Crippen molar-refractivity contribution in [3.63, 3.8) is 0 Å². The molecule has 0 saturated carbocycles. The number of aromatic carboxylic acids is 1. The van der Waals surface area contributed by atoms with Gasteiger partial charge >= 0.3 is 5.97 Å². The summed E-state index contributed by atoms with van der Waals surface area (Å²) in [5, 5.41) is 13.6. The van der Waals surface area contributed by atoms with Gasteiger partial charge < -0.3 is 15.4 Å². The molecule has 6 nitrogen and oxygen atoms in total. The number of hydrogen-bond acceptors (Lipinski definition) is 4. The van der Waals surface area contributed by atoms with E-state index in [9.17, 15) is 4.79 Å². The Bertz CT molecular complexity index is 1120. The molecule has 0 aliphatic carbocycles. The molecule has 0 amide bonds. The Balaban J connectivity index is 1.65. The molecule has 128 valence electrons. The van der Waals surface area contributed by atoms with Crippen molar-refractivity contribution < 1.29 is 9.90 Å². The molecular weight excluding hydrogens is 352 g/mol. The number of rotatable bonds is 4. The summed E-state index contributed by atoms with van der Waals surface area (Å²) in [7, 11) is 0. The number of aromatic nitrogens is 3. The van der Waals surface area contributed by atoms with Crippen LogP contribution in [-0.4, -0.2) is 26.0 Å². The minimum absolute atomic E-state index is 0.147.